The maximum Gasteiger partial charge on any atom is 0.133 e. The Labute approximate surface area is 140 Å². The molecule has 3 heteroatoms. The minimum Gasteiger partial charge on any atom is -0.302 e. The van der Waals surface area contributed by atoms with Crippen LogP contribution >= 0.6 is 0 Å². The average Bonchev–Trinajstić information content (AvgIpc) is 2.84. The molecule has 0 N–H and O–H groups in total. The first kappa shape index (κ1) is 16.7. The summed E-state index contributed by atoms with van der Waals surface area (Å²) in [5, 5.41) is 0. The number of aryl methyl sites for hydroxylation is 1. The van der Waals surface area contributed by atoms with Gasteiger partial charge >= 0.3 is 0 Å². The maximum atomic E-state index is 11.6. The lowest BCUT2D eigenvalue weighted by Gasteiger charge is -2.35. The molecule has 3 nitrogen and oxygen atoms in total. The van der Waals surface area contributed by atoms with Gasteiger partial charge in [0, 0.05) is 45.1 Å². The van der Waals surface area contributed by atoms with Gasteiger partial charge in [0.15, 0.2) is 0 Å². The number of nitrogens with zero attached hydrogens (tertiary/aromatic N) is 2. The van der Waals surface area contributed by atoms with Crippen molar-refractivity contribution in [2.45, 2.75) is 51.5 Å². The summed E-state index contributed by atoms with van der Waals surface area (Å²) < 4.78 is 0. The van der Waals surface area contributed by atoms with E-state index in [0.29, 0.717) is 18.2 Å². The summed E-state index contributed by atoms with van der Waals surface area (Å²) in [6, 6.07) is 9.62. The molecule has 1 saturated heterocycles. The highest BCUT2D eigenvalue weighted by atomic mass is 16.1. The van der Waals surface area contributed by atoms with Crippen LogP contribution in [0.15, 0.2) is 24.3 Å². The first-order valence-corrected chi connectivity index (χ1v) is 9.34. The predicted molar refractivity (Wildman–Crippen MR) is 94.7 cm³/mol. The number of Topliss-reactive ketones (excluding diaryl/α,β-unsaturated/α-hetero) is 1. The van der Waals surface area contributed by atoms with Gasteiger partial charge < -0.3 is 4.90 Å². The standard InChI is InChI=1S/C20H30N2O/c1-2-18(23)11-14-21-12-6-13-22(16-15-21)20-10-5-8-17-7-3-4-9-19(17)20/h3-4,7,9,20H,2,5-6,8,10-16H2,1H3. The minimum atomic E-state index is 0.396. The first-order chi connectivity index (χ1) is 11.3. The van der Waals surface area contributed by atoms with Crippen LogP contribution in [0.4, 0.5) is 0 Å². The zero-order valence-corrected chi connectivity index (χ0v) is 14.5. The zero-order valence-electron chi connectivity index (χ0n) is 14.5. The van der Waals surface area contributed by atoms with Crippen molar-refractivity contribution >= 4 is 5.78 Å². The monoisotopic (exact) mass is 314 g/mol. The fourth-order valence-electron chi connectivity index (χ4n) is 4.09. The van der Waals surface area contributed by atoms with Gasteiger partial charge in [0.2, 0.25) is 0 Å². The molecule has 1 aliphatic carbocycles. The van der Waals surface area contributed by atoms with E-state index in [1.54, 1.807) is 11.1 Å². The molecule has 1 aliphatic heterocycles. The molecular weight excluding hydrogens is 284 g/mol. The highest BCUT2D eigenvalue weighted by Crippen LogP contribution is 2.34. The number of rotatable bonds is 5. The van der Waals surface area contributed by atoms with Gasteiger partial charge in [0.25, 0.3) is 0 Å². The molecule has 3 rings (SSSR count). The van der Waals surface area contributed by atoms with Crippen molar-refractivity contribution in [3.8, 4) is 0 Å². The van der Waals surface area contributed by atoms with E-state index in [0.717, 1.165) is 32.6 Å². The molecule has 1 aromatic carbocycles. The molecule has 0 radical (unpaired) electrons. The zero-order chi connectivity index (χ0) is 16.1. The number of ketones is 1. The second-order valence-electron chi connectivity index (χ2n) is 6.98. The highest BCUT2D eigenvalue weighted by molar-refractivity contribution is 5.78. The van der Waals surface area contributed by atoms with Gasteiger partial charge in [-0.2, -0.15) is 0 Å². The topological polar surface area (TPSA) is 23.6 Å². The molecule has 2 aliphatic rings. The SMILES string of the molecule is CCC(=O)CCN1CCCN(C2CCCc3ccccc32)CC1. The molecule has 1 atom stereocenters. The molecule has 0 aromatic heterocycles. The maximum absolute atomic E-state index is 11.6. The first-order valence-electron chi connectivity index (χ1n) is 9.34. The lowest BCUT2D eigenvalue weighted by Crippen LogP contribution is -2.35. The number of carbonyl (C=O) groups is 1. The van der Waals surface area contributed by atoms with E-state index in [2.05, 4.69) is 34.1 Å². The average molecular weight is 314 g/mol. The molecule has 1 fully saturated rings. The van der Waals surface area contributed by atoms with Crippen molar-refractivity contribution in [3.05, 3.63) is 35.4 Å². The van der Waals surface area contributed by atoms with Crippen molar-refractivity contribution in [1.82, 2.24) is 9.80 Å². The van der Waals surface area contributed by atoms with Crippen molar-refractivity contribution in [2.24, 2.45) is 0 Å². The third kappa shape index (κ3) is 4.21. The number of hydrogen-bond acceptors (Lipinski definition) is 3. The molecule has 1 unspecified atom stereocenters. The van der Waals surface area contributed by atoms with Crippen LogP contribution in [-0.4, -0.2) is 48.3 Å². The van der Waals surface area contributed by atoms with Gasteiger partial charge in [-0.3, -0.25) is 9.69 Å². The second-order valence-corrected chi connectivity index (χ2v) is 6.98. The van der Waals surface area contributed by atoms with Crippen LogP contribution in [-0.2, 0) is 11.2 Å². The van der Waals surface area contributed by atoms with E-state index >= 15 is 0 Å². The molecule has 1 aromatic rings. The number of fused-ring (bicyclic) bond motifs is 1. The van der Waals surface area contributed by atoms with Crippen molar-refractivity contribution in [3.63, 3.8) is 0 Å². The Morgan fingerprint density at radius 1 is 1.13 bits per heavy atom. The number of hydrogen-bond donors (Lipinski definition) is 0. The Kier molecular flexibility index (Phi) is 5.85. The normalized spacial score (nSPS) is 23.3. The van der Waals surface area contributed by atoms with Gasteiger partial charge in [-0.15, -0.1) is 0 Å². The molecule has 126 valence electrons. The summed E-state index contributed by atoms with van der Waals surface area (Å²) in [5.74, 6) is 0.396. The fraction of sp³-hybridized carbons (Fsp3) is 0.650. The minimum absolute atomic E-state index is 0.396. The summed E-state index contributed by atoms with van der Waals surface area (Å²) in [5.41, 5.74) is 3.12. The van der Waals surface area contributed by atoms with Gasteiger partial charge in [-0.05, 0) is 43.4 Å². The summed E-state index contributed by atoms with van der Waals surface area (Å²) in [6.07, 6.45) is 6.48. The number of carbonyl (C=O) groups excluding carboxylic acids is 1. The van der Waals surface area contributed by atoms with Crippen LogP contribution in [0, 0.1) is 0 Å². The Bertz CT molecular complexity index is 528. The largest absolute Gasteiger partial charge is 0.302 e. The van der Waals surface area contributed by atoms with Crippen molar-refractivity contribution in [2.75, 3.05) is 32.7 Å². The molecule has 0 bridgehead atoms. The van der Waals surface area contributed by atoms with Crippen LogP contribution in [0.2, 0.25) is 0 Å². The van der Waals surface area contributed by atoms with Crippen LogP contribution < -0.4 is 0 Å². The summed E-state index contributed by atoms with van der Waals surface area (Å²) >= 11 is 0. The Morgan fingerprint density at radius 3 is 2.87 bits per heavy atom. The van der Waals surface area contributed by atoms with Crippen molar-refractivity contribution in [1.29, 1.82) is 0 Å². The molecular formula is C20H30N2O. The molecule has 0 amide bonds. The predicted octanol–water partition coefficient (Wildman–Crippen LogP) is 3.44. The summed E-state index contributed by atoms with van der Waals surface area (Å²) in [4.78, 5) is 16.7. The molecule has 23 heavy (non-hydrogen) atoms. The highest BCUT2D eigenvalue weighted by Gasteiger charge is 2.27. The summed E-state index contributed by atoms with van der Waals surface area (Å²) in [6.45, 7) is 7.49. The third-order valence-electron chi connectivity index (χ3n) is 5.50. The van der Waals surface area contributed by atoms with E-state index in [-0.39, 0.29) is 0 Å². The third-order valence-corrected chi connectivity index (χ3v) is 5.50. The van der Waals surface area contributed by atoms with Crippen LogP contribution in [0.25, 0.3) is 0 Å². The molecule has 1 heterocycles. The van der Waals surface area contributed by atoms with E-state index in [1.807, 2.05) is 6.92 Å². The van der Waals surface area contributed by atoms with Gasteiger partial charge in [0.05, 0.1) is 0 Å². The van der Waals surface area contributed by atoms with Gasteiger partial charge in [-0.1, -0.05) is 31.2 Å². The smallest absolute Gasteiger partial charge is 0.133 e. The quantitative estimate of drug-likeness (QED) is 0.832. The van der Waals surface area contributed by atoms with E-state index in [1.165, 1.54) is 32.2 Å². The van der Waals surface area contributed by atoms with Gasteiger partial charge in [0.1, 0.15) is 5.78 Å². The van der Waals surface area contributed by atoms with E-state index in [4.69, 9.17) is 0 Å². The van der Waals surface area contributed by atoms with Crippen LogP contribution in [0.3, 0.4) is 0 Å². The van der Waals surface area contributed by atoms with Crippen molar-refractivity contribution < 1.29 is 4.79 Å². The van der Waals surface area contributed by atoms with E-state index in [9.17, 15) is 4.79 Å². The molecule has 0 saturated carbocycles. The summed E-state index contributed by atoms with van der Waals surface area (Å²) in [7, 11) is 0. The van der Waals surface area contributed by atoms with Crippen LogP contribution in [0.5, 0.6) is 0 Å². The fourth-order valence-corrected chi connectivity index (χ4v) is 4.09. The number of benzene rings is 1. The molecule has 0 spiro atoms. The van der Waals surface area contributed by atoms with E-state index < -0.39 is 0 Å². The Morgan fingerprint density at radius 2 is 2.00 bits per heavy atom. The second kappa shape index (κ2) is 8.07. The van der Waals surface area contributed by atoms with Crippen LogP contribution in [0.1, 0.15) is 56.2 Å². The Balaban J connectivity index is 1.59. The van der Waals surface area contributed by atoms with Gasteiger partial charge in [-0.25, -0.2) is 0 Å². The lowest BCUT2D eigenvalue weighted by molar-refractivity contribution is -0.119. The Hall–Kier alpha value is -1.19. The lowest BCUT2D eigenvalue weighted by atomic mass is 9.87.